The van der Waals surface area contributed by atoms with Crippen molar-refractivity contribution in [1.82, 2.24) is 14.5 Å². The summed E-state index contributed by atoms with van der Waals surface area (Å²) in [6.07, 6.45) is 0. The fraction of sp³-hybridized carbons (Fsp3) is 0.0189. The van der Waals surface area contributed by atoms with Gasteiger partial charge in [-0.2, -0.15) is 0 Å². The van der Waals surface area contributed by atoms with Gasteiger partial charge < -0.3 is 4.57 Å². The molecule has 0 bridgehead atoms. The molecule has 0 radical (unpaired) electrons. The molecule has 12 rings (SSSR count). The van der Waals surface area contributed by atoms with E-state index < -0.39 is 5.41 Å². The highest BCUT2D eigenvalue weighted by atomic mass is 15.0. The summed E-state index contributed by atoms with van der Waals surface area (Å²) in [4.78, 5) is 10.3. The number of hydrogen-bond acceptors (Lipinski definition) is 2. The number of nitrogens with zero attached hydrogens (tertiary/aromatic N) is 3. The lowest BCUT2D eigenvalue weighted by Crippen LogP contribution is -2.25. The Morgan fingerprint density at radius 3 is 1.64 bits per heavy atom. The van der Waals surface area contributed by atoms with Gasteiger partial charge >= 0.3 is 0 Å². The van der Waals surface area contributed by atoms with Crippen LogP contribution < -0.4 is 0 Å². The highest BCUT2D eigenvalue weighted by Gasteiger charge is 2.52. The van der Waals surface area contributed by atoms with Gasteiger partial charge in [0.2, 0.25) is 0 Å². The Hall–Kier alpha value is -7.36. The Morgan fingerprint density at radius 2 is 0.929 bits per heavy atom. The summed E-state index contributed by atoms with van der Waals surface area (Å²) >= 11 is 0. The third-order valence-corrected chi connectivity index (χ3v) is 12.0. The first kappa shape index (κ1) is 31.0. The summed E-state index contributed by atoms with van der Waals surface area (Å²) in [6.45, 7) is 0. The van der Waals surface area contributed by atoms with Crippen molar-refractivity contribution in [3.8, 4) is 61.8 Å². The highest BCUT2D eigenvalue weighted by molar-refractivity contribution is 6.16. The molecule has 2 aliphatic carbocycles. The first-order valence-corrected chi connectivity index (χ1v) is 19.3. The van der Waals surface area contributed by atoms with E-state index in [9.17, 15) is 0 Å². The van der Waals surface area contributed by atoms with Crippen LogP contribution in [0.15, 0.2) is 200 Å². The van der Waals surface area contributed by atoms with Gasteiger partial charge in [-0.15, -0.1) is 0 Å². The Morgan fingerprint density at radius 1 is 0.375 bits per heavy atom. The van der Waals surface area contributed by atoms with Crippen molar-refractivity contribution in [3.05, 3.63) is 222 Å². The SMILES string of the molecule is c1ccc(-c2cc(-c3cccc(-n4c5ccccc5c5ccc6c(c54)-c4ccccc4C64c5ccccc5-c5ccccc54)c3)nc(-c3ccccc3)n2)cc1. The molecule has 260 valence electrons. The van der Waals surface area contributed by atoms with Crippen molar-refractivity contribution in [2.75, 3.05) is 0 Å². The van der Waals surface area contributed by atoms with E-state index in [1.165, 1.54) is 66.3 Å². The number of fused-ring (bicyclic) bond motifs is 14. The molecular formula is C53H33N3. The molecule has 0 amide bonds. The number of benzene rings is 8. The topological polar surface area (TPSA) is 30.7 Å². The quantitative estimate of drug-likeness (QED) is 0.182. The Labute approximate surface area is 324 Å². The normalized spacial score (nSPS) is 13.1. The zero-order valence-corrected chi connectivity index (χ0v) is 30.4. The Bertz CT molecular complexity index is 3090. The van der Waals surface area contributed by atoms with Crippen LogP contribution in [0.3, 0.4) is 0 Å². The largest absolute Gasteiger partial charge is 0.309 e. The minimum atomic E-state index is -0.418. The maximum atomic E-state index is 5.20. The van der Waals surface area contributed by atoms with Crippen molar-refractivity contribution in [3.63, 3.8) is 0 Å². The van der Waals surface area contributed by atoms with Gasteiger partial charge in [0, 0.05) is 38.7 Å². The van der Waals surface area contributed by atoms with E-state index in [-0.39, 0.29) is 0 Å². The van der Waals surface area contributed by atoms with Crippen LogP contribution in [0.5, 0.6) is 0 Å². The van der Waals surface area contributed by atoms with Gasteiger partial charge in [-0.3, -0.25) is 0 Å². The standard InChI is InChI=1S/C53H33N3/c1-3-16-34(17-4-1)47-33-48(55-52(54-47)35-18-5-2-6-19-35)36-20-15-21-37(32-36)56-49-29-14-10-24-40(49)41-30-31-46-50(51(41)56)42-25-9-13-28-45(42)53(46)43-26-11-7-22-38(43)39-23-8-12-27-44(39)53/h1-33H. The van der Waals surface area contributed by atoms with Gasteiger partial charge in [0.25, 0.3) is 0 Å². The van der Waals surface area contributed by atoms with Crippen LogP contribution in [-0.2, 0) is 5.41 Å². The van der Waals surface area contributed by atoms with Gasteiger partial charge in [-0.1, -0.05) is 176 Å². The second kappa shape index (κ2) is 11.8. The highest BCUT2D eigenvalue weighted by Crippen LogP contribution is 2.64. The van der Waals surface area contributed by atoms with E-state index in [2.05, 4.69) is 180 Å². The lowest BCUT2D eigenvalue weighted by atomic mass is 9.70. The zero-order chi connectivity index (χ0) is 36.8. The van der Waals surface area contributed by atoms with Crippen LogP contribution in [0.25, 0.3) is 83.6 Å². The fourth-order valence-corrected chi connectivity index (χ4v) is 9.77. The van der Waals surface area contributed by atoms with Crippen LogP contribution in [0.2, 0.25) is 0 Å². The minimum absolute atomic E-state index is 0.418. The molecule has 8 aromatic carbocycles. The molecule has 3 heteroatoms. The molecule has 0 N–H and O–H groups in total. The molecule has 56 heavy (non-hydrogen) atoms. The number of para-hydroxylation sites is 1. The summed E-state index contributed by atoms with van der Waals surface area (Å²) in [5.41, 5.74) is 18.5. The maximum Gasteiger partial charge on any atom is 0.160 e. The second-order valence-corrected chi connectivity index (χ2v) is 14.9. The number of aromatic nitrogens is 3. The van der Waals surface area contributed by atoms with Crippen LogP contribution >= 0.6 is 0 Å². The minimum Gasteiger partial charge on any atom is -0.309 e. The average molecular weight is 712 g/mol. The molecule has 0 saturated carbocycles. The third-order valence-electron chi connectivity index (χ3n) is 12.0. The van der Waals surface area contributed by atoms with Crippen LogP contribution in [0.4, 0.5) is 0 Å². The van der Waals surface area contributed by atoms with E-state index in [0.29, 0.717) is 5.82 Å². The molecule has 2 aliphatic rings. The predicted molar refractivity (Wildman–Crippen MR) is 229 cm³/mol. The summed E-state index contributed by atoms with van der Waals surface area (Å²) in [6, 6.07) is 72.4. The van der Waals surface area contributed by atoms with E-state index in [0.717, 1.165) is 33.8 Å². The van der Waals surface area contributed by atoms with Crippen LogP contribution in [-0.4, -0.2) is 14.5 Å². The lowest BCUT2D eigenvalue weighted by molar-refractivity contribution is 0.794. The molecule has 0 unspecified atom stereocenters. The third kappa shape index (κ3) is 4.22. The Kier molecular flexibility index (Phi) is 6.55. The summed E-state index contributed by atoms with van der Waals surface area (Å²) in [7, 11) is 0. The average Bonchev–Trinajstić information content (AvgIpc) is 3.89. The van der Waals surface area contributed by atoms with Crippen LogP contribution in [0.1, 0.15) is 22.3 Å². The molecule has 0 fully saturated rings. The van der Waals surface area contributed by atoms with Crippen molar-refractivity contribution in [2.45, 2.75) is 5.41 Å². The van der Waals surface area contributed by atoms with Gasteiger partial charge in [0.05, 0.1) is 27.8 Å². The summed E-state index contributed by atoms with van der Waals surface area (Å²) in [5.74, 6) is 0.709. The van der Waals surface area contributed by atoms with Crippen molar-refractivity contribution in [1.29, 1.82) is 0 Å². The molecule has 3 nitrogen and oxygen atoms in total. The number of rotatable bonds is 4. The summed E-state index contributed by atoms with van der Waals surface area (Å²) in [5, 5.41) is 2.48. The Balaban J connectivity index is 1.14. The van der Waals surface area contributed by atoms with Gasteiger partial charge in [-0.25, -0.2) is 9.97 Å². The van der Waals surface area contributed by atoms with E-state index in [1.54, 1.807) is 0 Å². The first-order chi connectivity index (χ1) is 27.8. The second-order valence-electron chi connectivity index (χ2n) is 14.9. The predicted octanol–water partition coefficient (Wildman–Crippen LogP) is 12.9. The lowest BCUT2D eigenvalue weighted by Gasteiger charge is -2.30. The molecule has 0 atom stereocenters. The van der Waals surface area contributed by atoms with Gasteiger partial charge in [0.1, 0.15) is 0 Å². The molecule has 0 aliphatic heterocycles. The molecule has 1 spiro atoms. The van der Waals surface area contributed by atoms with Gasteiger partial charge in [-0.05, 0) is 63.2 Å². The van der Waals surface area contributed by atoms with Crippen LogP contribution in [0, 0.1) is 0 Å². The summed E-state index contributed by atoms with van der Waals surface area (Å²) < 4.78 is 2.49. The molecular weight excluding hydrogens is 679 g/mol. The van der Waals surface area contributed by atoms with E-state index in [4.69, 9.17) is 9.97 Å². The molecule has 0 saturated heterocycles. The van der Waals surface area contributed by atoms with E-state index >= 15 is 0 Å². The fourth-order valence-electron chi connectivity index (χ4n) is 9.77. The zero-order valence-electron chi connectivity index (χ0n) is 30.4. The molecule has 2 aromatic heterocycles. The monoisotopic (exact) mass is 711 g/mol. The smallest absolute Gasteiger partial charge is 0.160 e. The van der Waals surface area contributed by atoms with Crippen molar-refractivity contribution < 1.29 is 0 Å². The van der Waals surface area contributed by atoms with E-state index in [1.807, 2.05) is 24.3 Å². The van der Waals surface area contributed by atoms with Gasteiger partial charge in [0.15, 0.2) is 5.82 Å². The molecule has 10 aromatic rings. The van der Waals surface area contributed by atoms with Crippen molar-refractivity contribution >= 4 is 21.8 Å². The van der Waals surface area contributed by atoms with Crippen molar-refractivity contribution in [2.24, 2.45) is 0 Å². The first-order valence-electron chi connectivity index (χ1n) is 19.3. The molecule has 2 heterocycles. The number of hydrogen-bond donors (Lipinski definition) is 0. The maximum absolute atomic E-state index is 5.20.